The molecule has 0 bridgehead atoms. The molecule has 0 atom stereocenters. The van der Waals surface area contributed by atoms with Crippen molar-refractivity contribution in [2.75, 3.05) is 31.1 Å². The van der Waals surface area contributed by atoms with E-state index in [0.29, 0.717) is 35.3 Å². The van der Waals surface area contributed by atoms with Crippen molar-refractivity contribution < 1.29 is 13.7 Å². The number of anilines is 1. The van der Waals surface area contributed by atoms with E-state index in [-0.39, 0.29) is 5.91 Å². The van der Waals surface area contributed by atoms with Gasteiger partial charge in [0.15, 0.2) is 11.5 Å². The Hall–Kier alpha value is -2.73. The molecule has 0 spiro atoms. The molecule has 1 aromatic carbocycles. The zero-order chi connectivity index (χ0) is 17.2. The summed E-state index contributed by atoms with van der Waals surface area (Å²) in [6.45, 7) is 2.73. The number of carbonyl (C=O) groups excluding carboxylic acids is 1. The molecule has 4 rings (SSSR count). The van der Waals surface area contributed by atoms with Gasteiger partial charge in [0, 0.05) is 43.0 Å². The van der Waals surface area contributed by atoms with E-state index < -0.39 is 0 Å². The van der Waals surface area contributed by atoms with Crippen LogP contribution in [0.25, 0.3) is 11.5 Å². The highest BCUT2D eigenvalue weighted by atomic mass is 35.5. The lowest BCUT2D eigenvalue weighted by atomic mass is 10.2. The largest absolute Gasteiger partial charge is 0.461 e. The van der Waals surface area contributed by atoms with Gasteiger partial charge in [0.2, 0.25) is 5.76 Å². The summed E-state index contributed by atoms with van der Waals surface area (Å²) in [6.07, 6.45) is 1.55. The van der Waals surface area contributed by atoms with Crippen LogP contribution in [0.1, 0.15) is 10.5 Å². The summed E-state index contributed by atoms with van der Waals surface area (Å²) >= 11 is 6.05. The average molecular weight is 358 g/mol. The molecular weight excluding hydrogens is 342 g/mol. The molecule has 1 aliphatic heterocycles. The quantitative estimate of drug-likeness (QED) is 0.717. The number of furan rings is 1. The molecule has 0 saturated carbocycles. The molecule has 0 N–H and O–H groups in total. The highest BCUT2D eigenvalue weighted by Gasteiger charge is 2.25. The average Bonchev–Trinajstić information content (AvgIpc) is 3.32. The molecule has 0 radical (unpaired) electrons. The maximum atomic E-state index is 12.6. The maximum absolute atomic E-state index is 12.6. The predicted molar refractivity (Wildman–Crippen MR) is 93.8 cm³/mol. The molecule has 0 aliphatic carbocycles. The van der Waals surface area contributed by atoms with Crippen LogP contribution in [-0.4, -0.2) is 42.1 Å². The van der Waals surface area contributed by atoms with Crippen molar-refractivity contribution in [2.45, 2.75) is 0 Å². The Morgan fingerprint density at radius 3 is 2.60 bits per heavy atom. The second-order valence-corrected chi connectivity index (χ2v) is 6.25. The van der Waals surface area contributed by atoms with Crippen molar-refractivity contribution in [3.8, 4) is 11.5 Å². The van der Waals surface area contributed by atoms with Crippen molar-refractivity contribution in [2.24, 2.45) is 0 Å². The lowest BCUT2D eigenvalue weighted by Crippen LogP contribution is -2.48. The van der Waals surface area contributed by atoms with Crippen LogP contribution in [0.5, 0.6) is 0 Å². The van der Waals surface area contributed by atoms with Crippen LogP contribution in [0.4, 0.5) is 5.69 Å². The number of benzene rings is 1. The van der Waals surface area contributed by atoms with E-state index in [4.69, 9.17) is 20.5 Å². The van der Waals surface area contributed by atoms with Crippen LogP contribution in [0.15, 0.2) is 57.7 Å². The number of hydrogen-bond donors (Lipinski definition) is 0. The first-order chi connectivity index (χ1) is 12.2. The topological polar surface area (TPSA) is 62.7 Å². The first-order valence-electron chi connectivity index (χ1n) is 8.01. The summed E-state index contributed by atoms with van der Waals surface area (Å²) in [5.41, 5.74) is 1.36. The van der Waals surface area contributed by atoms with Gasteiger partial charge < -0.3 is 18.7 Å². The highest BCUT2D eigenvalue weighted by molar-refractivity contribution is 6.30. The van der Waals surface area contributed by atoms with Crippen LogP contribution in [0, 0.1) is 0 Å². The normalized spacial score (nSPS) is 14.8. The van der Waals surface area contributed by atoms with Crippen molar-refractivity contribution in [3.05, 3.63) is 59.4 Å². The molecule has 1 aliphatic rings. The fourth-order valence-electron chi connectivity index (χ4n) is 2.91. The van der Waals surface area contributed by atoms with Crippen LogP contribution >= 0.6 is 11.6 Å². The molecule has 1 amide bonds. The third kappa shape index (κ3) is 3.25. The molecule has 1 saturated heterocycles. The van der Waals surface area contributed by atoms with E-state index in [9.17, 15) is 4.79 Å². The van der Waals surface area contributed by atoms with E-state index in [0.717, 1.165) is 18.8 Å². The number of piperazine rings is 1. The number of amides is 1. The maximum Gasteiger partial charge on any atom is 0.276 e. The van der Waals surface area contributed by atoms with Crippen LogP contribution in [0.3, 0.4) is 0 Å². The van der Waals surface area contributed by atoms with E-state index in [2.05, 4.69) is 10.1 Å². The Balaban J connectivity index is 1.41. The fraction of sp³-hybridized carbons (Fsp3) is 0.222. The summed E-state index contributed by atoms with van der Waals surface area (Å²) in [5.74, 6) is 0.871. The molecule has 1 fully saturated rings. The zero-order valence-electron chi connectivity index (χ0n) is 13.4. The highest BCUT2D eigenvalue weighted by Crippen LogP contribution is 2.23. The minimum atomic E-state index is -0.132. The Bertz CT molecular complexity index is 867. The van der Waals surface area contributed by atoms with Crippen molar-refractivity contribution in [3.63, 3.8) is 0 Å². The molecule has 0 unspecified atom stereocenters. The Morgan fingerprint density at radius 1 is 1.04 bits per heavy atom. The zero-order valence-corrected chi connectivity index (χ0v) is 14.1. The molecule has 25 heavy (non-hydrogen) atoms. The number of aromatic nitrogens is 1. The van der Waals surface area contributed by atoms with Gasteiger partial charge in [-0.1, -0.05) is 22.8 Å². The molecule has 7 heteroatoms. The smallest absolute Gasteiger partial charge is 0.276 e. The van der Waals surface area contributed by atoms with Gasteiger partial charge >= 0.3 is 0 Å². The van der Waals surface area contributed by atoms with E-state index >= 15 is 0 Å². The summed E-state index contributed by atoms with van der Waals surface area (Å²) in [7, 11) is 0. The third-order valence-corrected chi connectivity index (χ3v) is 4.47. The summed E-state index contributed by atoms with van der Waals surface area (Å²) < 4.78 is 10.5. The minimum Gasteiger partial charge on any atom is -0.461 e. The Labute approximate surface area is 149 Å². The molecule has 3 aromatic rings. The van der Waals surface area contributed by atoms with Crippen molar-refractivity contribution in [1.29, 1.82) is 0 Å². The van der Waals surface area contributed by atoms with Gasteiger partial charge in [0.1, 0.15) is 0 Å². The van der Waals surface area contributed by atoms with Gasteiger partial charge in [0.25, 0.3) is 5.91 Å². The Kier molecular flexibility index (Phi) is 4.19. The van der Waals surface area contributed by atoms with E-state index in [1.54, 1.807) is 29.4 Å². The van der Waals surface area contributed by atoms with E-state index in [1.807, 2.05) is 24.3 Å². The molecule has 2 aromatic heterocycles. The van der Waals surface area contributed by atoms with Gasteiger partial charge in [-0.15, -0.1) is 0 Å². The van der Waals surface area contributed by atoms with Crippen molar-refractivity contribution in [1.82, 2.24) is 10.1 Å². The molecule has 3 heterocycles. The van der Waals surface area contributed by atoms with Gasteiger partial charge in [-0.25, -0.2) is 0 Å². The minimum absolute atomic E-state index is 0.132. The van der Waals surface area contributed by atoms with Gasteiger partial charge in [-0.3, -0.25) is 4.79 Å². The second-order valence-electron chi connectivity index (χ2n) is 5.81. The van der Waals surface area contributed by atoms with E-state index in [1.165, 1.54) is 0 Å². The molecule has 128 valence electrons. The fourth-order valence-corrected chi connectivity index (χ4v) is 3.10. The van der Waals surface area contributed by atoms with Gasteiger partial charge in [-0.2, -0.15) is 0 Å². The first kappa shape index (κ1) is 15.8. The number of rotatable bonds is 3. The van der Waals surface area contributed by atoms with Crippen LogP contribution < -0.4 is 4.90 Å². The standard InChI is InChI=1S/C18H16ClN3O3/c19-13-3-1-4-14(11-13)21-6-8-22(9-7-21)18(23)15-12-17(25-20-15)16-5-2-10-24-16/h1-5,10-12H,6-9H2. The van der Waals surface area contributed by atoms with Crippen LogP contribution in [-0.2, 0) is 0 Å². The monoisotopic (exact) mass is 357 g/mol. The first-order valence-corrected chi connectivity index (χ1v) is 8.39. The summed E-state index contributed by atoms with van der Waals surface area (Å²) in [5, 5.41) is 4.59. The number of nitrogens with zero attached hydrogens (tertiary/aromatic N) is 3. The predicted octanol–water partition coefficient (Wildman–Crippen LogP) is 3.55. The lowest BCUT2D eigenvalue weighted by molar-refractivity contribution is 0.0736. The third-order valence-electron chi connectivity index (χ3n) is 4.23. The SMILES string of the molecule is O=C(c1cc(-c2ccco2)on1)N1CCN(c2cccc(Cl)c2)CC1. The lowest BCUT2D eigenvalue weighted by Gasteiger charge is -2.35. The second kappa shape index (κ2) is 6.64. The molecule has 6 nitrogen and oxygen atoms in total. The summed E-state index contributed by atoms with van der Waals surface area (Å²) in [6, 6.07) is 12.9. The van der Waals surface area contributed by atoms with Crippen molar-refractivity contribution >= 4 is 23.2 Å². The summed E-state index contributed by atoms with van der Waals surface area (Å²) in [4.78, 5) is 16.6. The number of halogens is 1. The Morgan fingerprint density at radius 2 is 1.88 bits per heavy atom. The van der Waals surface area contributed by atoms with Gasteiger partial charge in [0.05, 0.1) is 6.26 Å². The number of carbonyl (C=O) groups is 1. The van der Waals surface area contributed by atoms with Crippen LogP contribution in [0.2, 0.25) is 5.02 Å². The van der Waals surface area contributed by atoms with Gasteiger partial charge in [-0.05, 0) is 30.3 Å². The number of hydrogen-bond acceptors (Lipinski definition) is 5. The molecular formula is C18H16ClN3O3.